The molecule has 0 spiro atoms. The van der Waals surface area contributed by atoms with Gasteiger partial charge in [0, 0.05) is 32.6 Å². The number of nitrogens with one attached hydrogen (secondary N) is 4. The highest BCUT2D eigenvalue weighted by Gasteiger charge is 2.39. The summed E-state index contributed by atoms with van der Waals surface area (Å²) in [6, 6.07) is -3.90. The Kier molecular flexibility index (Phi) is 27.8. The second-order valence-corrected chi connectivity index (χ2v) is 15.0. The molecule has 0 bridgehead atoms. The third-order valence-corrected chi connectivity index (χ3v) is 10.1. The van der Waals surface area contributed by atoms with Crippen molar-refractivity contribution in [1.82, 2.24) is 26.2 Å². The van der Waals surface area contributed by atoms with Crippen LogP contribution in [-0.4, -0.2) is 108 Å². The lowest BCUT2D eigenvalue weighted by Crippen LogP contribution is -2.58. The van der Waals surface area contributed by atoms with Gasteiger partial charge in [-0.25, -0.2) is 0 Å². The summed E-state index contributed by atoms with van der Waals surface area (Å²) in [6.07, 6.45) is 18.6. The Balaban J connectivity index is 2.61. The van der Waals surface area contributed by atoms with Crippen LogP contribution in [0.1, 0.15) is 149 Å². The molecule has 1 aliphatic heterocycles. The summed E-state index contributed by atoms with van der Waals surface area (Å²) in [5, 5.41) is 20.9. The number of guanidine groups is 1. The first kappa shape index (κ1) is 49.7. The van der Waals surface area contributed by atoms with Gasteiger partial charge in [0.25, 0.3) is 0 Å². The van der Waals surface area contributed by atoms with Crippen LogP contribution in [0.15, 0.2) is 4.99 Å². The highest BCUT2D eigenvalue weighted by Crippen LogP contribution is 2.20. The maximum Gasteiger partial charge on any atom is 0.249 e. The maximum atomic E-state index is 13.7. The van der Waals surface area contributed by atoms with Gasteiger partial charge in [-0.3, -0.25) is 34.3 Å². The van der Waals surface area contributed by atoms with Crippen molar-refractivity contribution in [1.29, 1.82) is 0 Å². The molecular weight excluding hydrogens is 704 g/mol. The lowest BCUT2D eigenvalue weighted by Gasteiger charge is -2.30. The first-order valence-electron chi connectivity index (χ1n) is 21.1. The number of rotatable bonds is 32. The highest BCUT2D eigenvalue weighted by atomic mass is 16.3. The van der Waals surface area contributed by atoms with Crippen molar-refractivity contribution in [3.63, 3.8) is 0 Å². The molecule has 318 valence electrons. The van der Waals surface area contributed by atoms with Crippen LogP contribution in [0.4, 0.5) is 0 Å². The van der Waals surface area contributed by atoms with Crippen LogP contribution in [-0.2, 0) is 24.0 Å². The van der Waals surface area contributed by atoms with Gasteiger partial charge < -0.3 is 48.9 Å². The van der Waals surface area contributed by atoms with Crippen molar-refractivity contribution in [3.05, 3.63) is 0 Å². The number of hydrogen-bond donors (Lipinski definition) is 9. The number of aliphatic hydroxyl groups excluding tert-OH is 1. The summed E-state index contributed by atoms with van der Waals surface area (Å²) in [6.45, 7) is 5.21. The summed E-state index contributed by atoms with van der Waals surface area (Å²) >= 11 is 0. The first-order valence-corrected chi connectivity index (χ1v) is 21.1. The summed E-state index contributed by atoms with van der Waals surface area (Å²) in [7, 11) is 0. The minimum Gasteiger partial charge on any atom is -0.391 e. The maximum absolute atomic E-state index is 13.7. The van der Waals surface area contributed by atoms with Crippen LogP contribution < -0.4 is 44.2 Å². The molecule has 5 atom stereocenters. The van der Waals surface area contributed by atoms with E-state index in [1.54, 1.807) is 0 Å². The van der Waals surface area contributed by atoms with Crippen molar-refractivity contribution >= 4 is 35.5 Å². The van der Waals surface area contributed by atoms with Crippen LogP contribution in [0.5, 0.6) is 0 Å². The summed E-state index contributed by atoms with van der Waals surface area (Å²) in [5.41, 5.74) is 22.3. The molecule has 1 saturated heterocycles. The Morgan fingerprint density at radius 2 is 1.40 bits per heavy atom. The van der Waals surface area contributed by atoms with Gasteiger partial charge in [0.1, 0.15) is 18.1 Å². The largest absolute Gasteiger partial charge is 0.391 e. The smallest absolute Gasteiger partial charge is 0.249 e. The van der Waals surface area contributed by atoms with E-state index in [4.69, 9.17) is 22.9 Å². The number of aliphatic imine (C=N–C) groups is 1. The van der Waals surface area contributed by atoms with E-state index in [9.17, 15) is 29.1 Å². The monoisotopic (exact) mass is 781 g/mol. The van der Waals surface area contributed by atoms with Gasteiger partial charge in [-0.05, 0) is 64.8 Å². The molecule has 16 nitrogen and oxygen atoms in total. The number of unbranched alkanes of at least 4 members (excludes halogenated alkanes) is 13. The van der Waals surface area contributed by atoms with E-state index in [0.29, 0.717) is 71.1 Å². The Hall–Kier alpha value is -3.34. The van der Waals surface area contributed by atoms with Crippen molar-refractivity contribution < 1.29 is 29.1 Å². The predicted molar refractivity (Wildman–Crippen MR) is 217 cm³/mol. The van der Waals surface area contributed by atoms with Gasteiger partial charge in [-0.2, -0.15) is 0 Å². The minimum absolute atomic E-state index is 0.0369. The number of nitrogens with zero attached hydrogens (tertiary/aromatic N) is 2. The number of carbonyl (C=O) groups is 5. The normalized spacial score (nSPS) is 16.2. The number of carbonyl (C=O) groups excluding carboxylic acids is 5. The Bertz CT molecular complexity index is 1140. The minimum atomic E-state index is -1.23. The molecule has 0 aromatic carbocycles. The lowest BCUT2D eigenvalue weighted by atomic mass is 10.0. The SMILES string of the molecule is CCCCCCCCCCCCCCCC(=O)NCCN[C@@H](CCCN=C(N)N)C(=O)NC(=O)[C@@H]1CCCN1C(=O)[C@H](CCCCN)NC(=O)[C@@H](N)[C@@H](C)O. The molecule has 0 aromatic rings. The van der Waals surface area contributed by atoms with Gasteiger partial charge in [0.05, 0.1) is 12.1 Å². The van der Waals surface area contributed by atoms with Crippen LogP contribution in [0, 0.1) is 0 Å². The van der Waals surface area contributed by atoms with Crippen molar-refractivity contribution in [2.24, 2.45) is 27.9 Å². The van der Waals surface area contributed by atoms with Crippen LogP contribution in [0.3, 0.4) is 0 Å². The molecular formula is C39H76N10O6. The number of imide groups is 1. The standard InChI is InChI=1S/C39H76N10O6/c1-3-4-5-6-7-8-9-10-11-12-13-14-15-23-33(51)45-27-26-44-30(21-18-25-46-39(42)43)35(52)48-36(53)32-22-19-28-49(32)38(55)31(20-16-17-24-40)47-37(54)34(41)29(2)50/h29-32,34,44,50H,3-28,40-41H2,1-2H3,(H,45,51)(H,47,54)(H4,42,43,46)(H,48,52,53)/t29-,30+,31+,32+,34+/m1/s1. The molecule has 0 aliphatic carbocycles. The van der Waals surface area contributed by atoms with E-state index in [-0.39, 0.29) is 24.8 Å². The van der Waals surface area contributed by atoms with Gasteiger partial charge in [0.15, 0.2) is 5.96 Å². The Morgan fingerprint density at radius 3 is 1.98 bits per heavy atom. The molecule has 1 rings (SSSR count). The van der Waals surface area contributed by atoms with Gasteiger partial charge >= 0.3 is 0 Å². The van der Waals surface area contributed by atoms with Gasteiger partial charge in [-0.15, -0.1) is 0 Å². The van der Waals surface area contributed by atoms with E-state index in [0.717, 1.165) is 19.3 Å². The number of hydrogen-bond acceptors (Lipinski definition) is 10. The van der Waals surface area contributed by atoms with Crippen LogP contribution in [0.25, 0.3) is 0 Å². The van der Waals surface area contributed by atoms with E-state index in [2.05, 4.69) is 33.2 Å². The molecule has 55 heavy (non-hydrogen) atoms. The number of nitrogens with two attached hydrogens (primary N) is 4. The third kappa shape index (κ3) is 22.7. The summed E-state index contributed by atoms with van der Waals surface area (Å²) in [5.74, 6) is -2.43. The van der Waals surface area contributed by atoms with Crippen LogP contribution >= 0.6 is 0 Å². The first-order chi connectivity index (χ1) is 26.4. The van der Waals surface area contributed by atoms with Crippen molar-refractivity contribution in [2.75, 3.05) is 32.7 Å². The Labute approximate surface area is 329 Å². The second-order valence-electron chi connectivity index (χ2n) is 15.0. The van der Waals surface area contributed by atoms with E-state index in [1.807, 2.05) is 0 Å². The summed E-state index contributed by atoms with van der Waals surface area (Å²) in [4.78, 5) is 71.0. The van der Waals surface area contributed by atoms with Crippen molar-refractivity contribution in [2.45, 2.75) is 179 Å². The molecule has 0 unspecified atom stereocenters. The zero-order valence-corrected chi connectivity index (χ0v) is 34.0. The lowest BCUT2D eigenvalue weighted by molar-refractivity contribution is -0.143. The Morgan fingerprint density at radius 1 is 0.800 bits per heavy atom. The zero-order chi connectivity index (χ0) is 40.8. The number of likely N-dealkylation sites (tertiary alicyclic amines) is 1. The topological polar surface area (TPSA) is 273 Å². The van der Waals surface area contributed by atoms with Crippen LogP contribution in [0.2, 0.25) is 0 Å². The fourth-order valence-electron chi connectivity index (χ4n) is 6.70. The second kappa shape index (κ2) is 30.8. The van der Waals surface area contributed by atoms with E-state index in [1.165, 1.54) is 76.0 Å². The van der Waals surface area contributed by atoms with E-state index < -0.39 is 53.9 Å². The predicted octanol–water partition coefficient (Wildman–Crippen LogP) is 1.55. The summed E-state index contributed by atoms with van der Waals surface area (Å²) < 4.78 is 0. The fourth-order valence-corrected chi connectivity index (χ4v) is 6.70. The molecule has 0 aromatic heterocycles. The molecule has 1 aliphatic rings. The molecule has 5 amide bonds. The molecule has 1 fully saturated rings. The van der Waals surface area contributed by atoms with E-state index >= 15 is 0 Å². The number of amides is 5. The highest BCUT2D eigenvalue weighted by molar-refractivity contribution is 6.02. The fraction of sp³-hybridized carbons (Fsp3) is 0.846. The van der Waals surface area contributed by atoms with Gasteiger partial charge in [0.2, 0.25) is 29.5 Å². The average molecular weight is 781 g/mol. The third-order valence-electron chi connectivity index (χ3n) is 10.1. The number of aliphatic hydroxyl groups is 1. The molecule has 0 radical (unpaired) electrons. The quantitative estimate of drug-likeness (QED) is 0.0268. The zero-order valence-electron chi connectivity index (χ0n) is 34.0. The molecule has 0 saturated carbocycles. The van der Waals surface area contributed by atoms with Crippen molar-refractivity contribution in [3.8, 4) is 0 Å². The van der Waals surface area contributed by atoms with Gasteiger partial charge in [-0.1, -0.05) is 84.0 Å². The molecule has 16 heteroatoms. The average Bonchev–Trinajstić information content (AvgIpc) is 3.65. The molecule has 13 N–H and O–H groups in total. The molecule has 1 heterocycles.